The number of hydrogen-bond acceptors (Lipinski definition) is 8. The molecule has 12 nitrogen and oxygen atoms in total. The maximum atomic E-state index is 13.9. The molecule has 31 heavy (non-hydrogen) atoms. The van der Waals surface area contributed by atoms with Crippen molar-refractivity contribution in [2.24, 2.45) is 0 Å². The van der Waals surface area contributed by atoms with Gasteiger partial charge in [0, 0.05) is 11.8 Å². The van der Waals surface area contributed by atoms with Gasteiger partial charge in [-0.15, -0.1) is 0 Å². The molecule has 1 amide bonds. The number of nitrogens with one attached hydrogen (secondary N) is 2. The largest absolute Gasteiger partial charge is 0.491 e. The topological polar surface area (TPSA) is 164 Å². The van der Waals surface area contributed by atoms with Gasteiger partial charge in [0.15, 0.2) is 0 Å². The van der Waals surface area contributed by atoms with Crippen LogP contribution in [-0.4, -0.2) is 55.1 Å². The van der Waals surface area contributed by atoms with Crippen molar-refractivity contribution in [1.29, 1.82) is 0 Å². The van der Waals surface area contributed by atoms with E-state index >= 15 is 0 Å². The zero-order valence-corrected chi connectivity index (χ0v) is 16.2. The second-order valence-corrected chi connectivity index (χ2v) is 6.56. The van der Waals surface area contributed by atoms with Crippen LogP contribution in [-0.2, 0) is 0 Å². The van der Waals surface area contributed by atoms with Crippen LogP contribution < -0.4 is 15.4 Å². The fourth-order valence-corrected chi connectivity index (χ4v) is 2.86. The maximum Gasteiger partial charge on any atom is 0.405 e. The normalized spacial score (nSPS) is 12.9. The van der Waals surface area contributed by atoms with Crippen LogP contribution in [0.1, 0.15) is 18.5 Å². The summed E-state index contributed by atoms with van der Waals surface area (Å²) in [7, 11) is 0. The molecule has 2 aromatic heterocycles. The minimum Gasteiger partial charge on any atom is -0.491 e. The van der Waals surface area contributed by atoms with E-state index in [9.17, 15) is 24.4 Å². The molecule has 0 spiro atoms. The summed E-state index contributed by atoms with van der Waals surface area (Å²) >= 11 is 0. The molecular weight excluding hydrogens is 415 g/mol. The average Bonchev–Trinajstić information content (AvgIpc) is 3.15. The number of aromatic nitrogens is 3. The van der Waals surface area contributed by atoms with E-state index in [0.717, 1.165) is 6.20 Å². The molecule has 3 rings (SSSR count). The molecule has 0 radical (unpaired) electrons. The smallest absolute Gasteiger partial charge is 0.405 e. The summed E-state index contributed by atoms with van der Waals surface area (Å²) in [5.41, 5.74) is 0.187. The molecule has 1 unspecified atom stereocenters. The van der Waals surface area contributed by atoms with E-state index in [4.69, 9.17) is 9.84 Å². The van der Waals surface area contributed by atoms with Crippen LogP contribution in [0.4, 0.5) is 20.7 Å². The maximum absolute atomic E-state index is 13.9. The summed E-state index contributed by atoms with van der Waals surface area (Å²) in [5, 5.41) is 38.1. The van der Waals surface area contributed by atoms with Crippen molar-refractivity contribution in [1.82, 2.24) is 19.9 Å². The fourth-order valence-electron chi connectivity index (χ4n) is 2.86. The van der Waals surface area contributed by atoms with Gasteiger partial charge < -0.3 is 25.6 Å². The Labute approximate surface area is 174 Å². The lowest BCUT2D eigenvalue weighted by Gasteiger charge is -2.21. The highest BCUT2D eigenvalue weighted by Gasteiger charge is 2.19. The van der Waals surface area contributed by atoms with Crippen molar-refractivity contribution in [2.45, 2.75) is 19.0 Å². The molecule has 0 bridgehead atoms. The van der Waals surface area contributed by atoms with Gasteiger partial charge in [-0.25, -0.2) is 18.7 Å². The summed E-state index contributed by atoms with van der Waals surface area (Å²) < 4.78 is 20.7. The van der Waals surface area contributed by atoms with Gasteiger partial charge in [-0.05, 0) is 31.2 Å². The fraction of sp³-hybridized carbons (Fsp3) is 0.278. The predicted octanol–water partition coefficient (Wildman–Crippen LogP) is 1.96. The standard InChI is InChI=1S/C18H19FN6O6/c1-10(21-16-4-5-24-17(23-16)14(7-20-24)25(29)30)13-6-11(19)2-3-15(13)31-9-12(8-26)22-18(27)28/h2-7,10,12,22,26H,8-9H2,1H3,(H,21,23)(H,27,28)/t10-,12?/m1/s1. The van der Waals surface area contributed by atoms with E-state index in [1.54, 1.807) is 13.0 Å². The molecule has 0 saturated heterocycles. The molecule has 1 aromatic carbocycles. The Morgan fingerprint density at radius 2 is 2.19 bits per heavy atom. The summed E-state index contributed by atoms with van der Waals surface area (Å²) in [5.74, 6) is 0.0382. The van der Waals surface area contributed by atoms with Gasteiger partial charge in [-0.3, -0.25) is 10.1 Å². The van der Waals surface area contributed by atoms with Gasteiger partial charge >= 0.3 is 11.8 Å². The van der Waals surface area contributed by atoms with Crippen molar-refractivity contribution in [2.75, 3.05) is 18.5 Å². The first kappa shape index (κ1) is 21.7. The zero-order valence-electron chi connectivity index (χ0n) is 16.2. The number of anilines is 1. The average molecular weight is 434 g/mol. The summed E-state index contributed by atoms with van der Waals surface area (Å²) in [6.07, 6.45) is 1.28. The van der Waals surface area contributed by atoms with E-state index in [1.807, 2.05) is 0 Å². The van der Waals surface area contributed by atoms with E-state index < -0.39 is 35.5 Å². The third-order valence-electron chi connectivity index (χ3n) is 4.34. The van der Waals surface area contributed by atoms with Crippen molar-refractivity contribution >= 4 is 23.2 Å². The Balaban J connectivity index is 1.81. The highest BCUT2D eigenvalue weighted by molar-refractivity contribution is 5.64. The lowest BCUT2D eigenvalue weighted by atomic mass is 10.1. The molecule has 13 heteroatoms. The number of nitrogens with zero attached hydrogens (tertiary/aromatic N) is 4. The van der Waals surface area contributed by atoms with Gasteiger partial charge in [0.05, 0.1) is 23.6 Å². The van der Waals surface area contributed by atoms with Gasteiger partial charge in [0.1, 0.15) is 30.2 Å². The molecule has 0 saturated carbocycles. The highest BCUT2D eigenvalue weighted by Crippen LogP contribution is 2.29. The van der Waals surface area contributed by atoms with Crippen molar-refractivity contribution < 1.29 is 29.1 Å². The van der Waals surface area contributed by atoms with Crippen LogP contribution in [0, 0.1) is 15.9 Å². The van der Waals surface area contributed by atoms with E-state index in [0.29, 0.717) is 11.4 Å². The van der Waals surface area contributed by atoms with Crippen LogP contribution in [0.25, 0.3) is 5.65 Å². The Kier molecular flexibility index (Phi) is 6.45. The number of fused-ring (bicyclic) bond motifs is 1. The van der Waals surface area contributed by atoms with Crippen LogP contribution >= 0.6 is 0 Å². The number of hydrogen-bond donors (Lipinski definition) is 4. The third-order valence-corrected chi connectivity index (χ3v) is 4.34. The quantitative estimate of drug-likeness (QED) is 0.291. The Morgan fingerprint density at radius 1 is 1.42 bits per heavy atom. The summed E-state index contributed by atoms with van der Waals surface area (Å²) in [4.78, 5) is 25.5. The molecule has 4 N–H and O–H groups in total. The monoisotopic (exact) mass is 434 g/mol. The first-order valence-corrected chi connectivity index (χ1v) is 9.06. The third kappa shape index (κ3) is 5.14. The van der Waals surface area contributed by atoms with Crippen molar-refractivity contribution in [3.63, 3.8) is 0 Å². The highest BCUT2D eigenvalue weighted by atomic mass is 19.1. The molecule has 0 fully saturated rings. The minimum atomic E-state index is -1.31. The van der Waals surface area contributed by atoms with E-state index in [2.05, 4.69) is 20.7 Å². The number of rotatable bonds is 9. The SMILES string of the molecule is C[C@@H](Nc1ccn2ncc([N+](=O)[O-])c2n1)c1cc(F)ccc1OCC(CO)NC(=O)O. The Hall–Kier alpha value is -4.00. The Morgan fingerprint density at radius 3 is 2.87 bits per heavy atom. The number of ether oxygens (including phenoxy) is 1. The second kappa shape index (κ2) is 9.21. The molecule has 164 valence electrons. The first-order valence-electron chi connectivity index (χ1n) is 9.06. The lowest BCUT2D eigenvalue weighted by molar-refractivity contribution is -0.383. The van der Waals surface area contributed by atoms with Gasteiger partial charge in [-0.2, -0.15) is 5.10 Å². The number of halogens is 1. The molecule has 2 heterocycles. The van der Waals surface area contributed by atoms with Crippen LogP contribution in [0.2, 0.25) is 0 Å². The predicted molar refractivity (Wildman–Crippen MR) is 106 cm³/mol. The van der Waals surface area contributed by atoms with Crippen LogP contribution in [0.5, 0.6) is 5.75 Å². The molecular formula is C18H19FN6O6. The molecule has 3 aromatic rings. The van der Waals surface area contributed by atoms with Crippen molar-refractivity contribution in [3.8, 4) is 5.75 Å². The van der Waals surface area contributed by atoms with Gasteiger partial charge in [0.2, 0.25) is 5.65 Å². The summed E-state index contributed by atoms with van der Waals surface area (Å²) in [6.45, 7) is 1.04. The lowest BCUT2D eigenvalue weighted by Crippen LogP contribution is -2.41. The zero-order chi connectivity index (χ0) is 22.5. The number of nitro groups is 1. The number of amides is 1. The number of aliphatic hydroxyl groups is 1. The molecule has 0 aliphatic carbocycles. The molecule has 0 aliphatic rings. The minimum absolute atomic E-state index is 0.0449. The molecule has 0 aliphatic heterocycles. The van der Waals surface area contributed by atoms with Crippen LogP contribution in [0.3, 0.4) is 0 Å². The van der Waals surface area contributed by atoms with Crippen LogP contribution in [0.15, 0.2) is 36.7 Å². The van der Waals surface area contributed by atoms with Crippen molar-refractivity contribution in [3.05, 3.63) is 58.2 Å². The van der Waals surface area contributed by atoms with E-state index in [-0.39, 0.29) is 23.7 Å². The second-order valence-electron chi connectivity index (χ2n) is 6.56. The number of carboxylic acid groups (broad SMARTS) is 1. The number of benzene rings is 1. The summed E-state index contributed by atoms with van der Waals surface area (Å²) in [6, 6.07) is 3.96. The Bertz CT molecular complexity index is 1110. The van der Waals surface area contributed by atoms with Gasteiger partial charge in [-0.1, -0.05) is 0 Å². The van der Waals surface area contributed by atoms with E-state index in [1.165, 1.54) is 28.9 Å². The number of aliphatic hydroxyl groups excluding tert-OH is 1. The number of carbonyl (C=O) groups is 1. The molecule has 2 atom stereocenters. The first-order chi connectivity index (χ1) is 14.8. The van der Waals surface area contributed by atoms with Gasteiger partial charge in [0.25, 0.3) is 0 Å².